The molecular formula is C46H31NO. The number of hydrogen-bond acceptors (Lipinski definition) is 2. The van der Waals surface area contributed by atoms with Crippen LogP contribution in [-0.2, 0) is 0 Å². The normalized spacial score (nSPS) is 11.3. The van der Waals surface area contributed by atoms with E-state index in [2.05, 4.69) is 181 Å². The van der Waals surface area contributed by atoms with Gasteiger partial charge in [-0.3, -0.25) is 0 Å². The summed E-state index contributed by atoms with van der Waals surface area (Å²) in [7, 11) is 0. The summed E-state index contributed by atoms with van der Waals surface area (Å²) in [5, 5.41) is 4.77. The summed E-state index contributed by atoms with van der Waals surface area (Å²) in [6.45, 7) is 0. The zero-order valence-electron chi connectivity index (χ0n) is 26.3. The first-order chi connectivity index (χ1) is 23.8. The number of anilines is 3. The van der Waals surface area contributed by atoms with Crippen LogP contribution in [0, 0.1) is 0 Å². The highest BCUT2D eigenvalue weighted by Gasteiger charge is 2.16. The molecule has 0 spiro atoms. The van der Waals surface area contributed by atoms with Crippen LogP contribution < -0.4 is 4.90 Å². The monoisotopic (exact) mass is 613 g/mol. The minimum Gasteiger partial charge on any atom is -0.456 e. The van der Waals surface area contributed by atoms with Gasteiger partial charge >= 0.3 is 0 Å². The fourth-order valence-corrected chi connectivity index (χ4v) is 6.80. The molecule has 8 aromatic carbocycles. The van der Waals surface area contributed by atoms with E-state index in [-0.39, 0.29) is 0 Å². The Balaban J connectivity index is 1.14. The molecule has 0 amide bonds. The smallest absolute Gasteiger partial charge is 0.136 e. The lowest BCUT2D eigenvalue weighted by Gasteiger charge is -2.27. The van der Waals surface area contributed by atoms with Gasteiger partial charge in [0.05, 0.1) is 0 Å². The number of hydrogen-bond donors (Lipinski definition) is 0. The van der Waals surface area contributed by atoms with Gasteiger partial charge in [0.15, 0.2) is 0 Å². The van der Waals surface area contributed by atoms with Crippen molar-refractivity contribution >= 4 is 49.8 Å². The van der Waals surface area contributed by atoms with Crippen LogP contribution in [-0.4, -0.2) is 0 Å². The molecule has 2 heteroatoms. The standard InChI is InChI=1S/C46H31NO/c1-2-10-32(11-3-1)36-14-8-16-41(29-36)47(42-17-9-15-37(30-42)38-21-20-33-12-4-5-13-35(33)28-38)40-25-22-34(23-26-40)39-24-27-44-43-18-6-7-19-45(43)48-46(44)31-39/h1-31H. The Hall–Kier alpha value is -6.38. The molecule has 1 aromatic heterocycles. The predicted molar refractivity (Wildman–Crippen MR) is 202 cm³/mol. The molecule has 0 bridgehead atoms. The molecule has 0 radical (unpaired) electrons. The quantitative estimate of drug-likeness (QED) is 0.185. The second kappa shape index (κ2) is 11.8. The van der Waals surface area contributed by atoms with Gasteiger partial charge in [0.2, 0.25) is 0 Å². The van der Waals surface area contributed by atoms with Gasteiger partial charge in [0.25, 0.3) is 0 Å². The van der Waals surface area contributed by atoms with E-state index >= 15 is 0 Å². The molecule has 0 fully saturated rings. The van der Waals surface area contributed by atoms with Gasteiger partial charge in [0, 0.05) is 27.8 Å². The van der Waals surface area contributed by atoms with Crippen molar-refractivity contribution in [2.75, 3.05) is 4.90 Å². The molecule has 0 N–H and O–H groups in total. The van der Waals surface area contributed by atoms with Crippen LogP contribution in [0.15, 0.2) is 192 Å². The summed E-state index contributed by atoms with van der Waals surface area (Å²) >= 11 is 0. The maximum Gasteiger partial charge on any atom is 0.136 e. The molecule has 48 heavy (non-hydrogen) atoms. The molecule has 2 nitrogen and oxygen atoms in total. The molecule has 0 saturated heterocycles. The van der Waals surface area contributed by atoms with Crippen LogP contribution in [0.25, 0.3) is 66.1 Å². The van der Waals surface area contributed by atoms with E-state index in [0.717, 1.165) is 50.1 Å². The number of para-hydroxylation sites is 1. The third-order valence-electron chi connectivity index (χ3n) is 9.24. The van der Waals surface area contributed by atoms with Crippen molar-refractivity contribution < 1.29 is 4.42 Å². The molecule has 0 aliphatic heterocycles. The second-order valence-electron chi connectivity index (χ2n) is 12.2. The van der Waals surface area contributed by atoms with Gasteiger partial charge in [-0.1, -0.05) is 127 Å². The highest BCUT2D eigenvalue weighted by Crippen LogP contribution is 2.40. The first-order valence-corrected chi connectivity index (χ1v) is 16.3. The van der Waals surface area contributed by atoms with Gasteiger partial charge in [-0.15, -0.1) is 0 Å². The van der Waals surface area contributed by atoms with Crippen LogP contribution >= 0.6 is 0 Å². The number of nitrogens with zero attached hydrogens (tertiary/aromatic N) is 1. The second-order valence-corrected chi connectivity index (χ2v) is 12.2. The van der Waals surface area contributed by atoms with E-state index in [1.807, 2.05) is 12.1 Å². The van der Waals surface area contributed by atoms with Gasteiger partial charge in [-0.25, -0.2) is 0 Å². The van der Waals surface area contributed by atoms with Crippen LogP contribution in [0.3, 0.4) is 0 Å². The van der Waals surface area contributed by atoms with E-state index in [9.17, 15) is 0 Å². The molecular weight excluding hydrogens is 583 g/mol. The van der Waals surface area contributed by atoms with Crippen molar-refractivity contribution in [2.45, 2.75) is 0 Å². The lowest BCUT2D eigenvalue weighted by atomic mass is 10.00. The van der Waals surface area contributed by atoms with Gasteiger partial charge < -0.3 is 9.32 Å². The Morgan fingerprint density at radius 3 is 1.62 bits per heavy atom. The lowest BCUT2D eigenvalue weighted by molar-refractivity contribution is 0.669. The van der Waals surface area contributed by atoms with E-state index in [4.69, 9.17) is 4.42 Å². The van der Waals surface area contributed by atoms with Gasteiger partial charge in [-0.2, -0.15) is 0 Å². The van der Waals surface area contributed by atoms with Crippen molar-refractivity contribution in [3.63, 3.8) is 0 Å². The van der Waals surface area contributed by atoms with Gasteiger partial charge in [-0.05, 0) is 105 Å². The maximum absolute atomic E-state index is 6.20. The van der Waals surface area contributed by atoms with E-state index in [1.165, 1.54) is 33.0 Å². The SMILES string of the molecule is c1ccc(-c2cccc(N(c3ccc(-c4ccc5c(c4)oc4ccccc45)cc3)c3cccc(-c4ccc5ccccc5c4)c3)c2)cc1. The first kappa shape index (κ1) is 27.9. The minimum absolute atomic E-state index is 0.905. The summed E-state index contributed by atoms with van der Waals surface area (Å²) < 4.78 is 6.20. The predicted octanol–water partition coefficient (Wildman–Crippen LogP) is 13.2. The van der Waals surface area contributed by atoms with Gasteiger partial charge in [0.1, 0.15) is 11.2 Å². The maximum atomic E-state index is 6.20. The zero-order valence-corrected chi connectivity index (χ0v) is 26.3. The van der Waals surface area contributed by atoms with Crippen LogP contribution in [0.2, 0.25) is 0 Å². The Morgan fingerprint density at radius 1 is 0.292 bits per heavy atom. The lowest BCUT2D eigenvalue weighted by Crippen LogP contribution is -2.10. The fourth-order valence-electron chi connectivity index (χ4n) is 6.80. The highest BCUT2D eigenvalue weighted by atomic mass is 16.3. The summed E-state index contributed by atoms with van der Waals surface area (Å²) in [5.41, 5.74) is 12.1. The van der Waals surface area contributed by atoms with E-state index < -0.39 is 0 Å². The number of rotatable bonds is 6. The molecule has 0 atom stereocenters. The van der Waals surface area contributed by atoms with Crippen molar-refractivity contribution in [1.29, 1.82) is 0 Å². The van der Waals surface area contributed by atoms with Crippen molar-refractivity contribution in [1.82, 2.24) is 0 Å². The van der Waals surface area contributed by atoms with Crippen LogP contribution in [0.4, 0.5) is 17.1 Å². The summed E-state index contributed by atoms with van der Waals surface area (Å²) in [4.78, 5) is 2.35. The van der Waals surface area contributed by atoms with Crippen molar-refractivity contribution in [3.05, 3.63) is 188 Å². The van der Waals surface area contributed by atoms with E-state index in [0.29, 0.717) is 0 Å². The molecule has 0 unspecified atom stereocenters. The summed E-state index contributed by atoms with van der Waals surface area (Å²) in [5.74, 6) is 0. The number of benzene rings is 8. The van der Waals surface area contributed by atoms with Crippen molar-refractivity contribution in [3.8, 4) is 33.4 Å². The fraction of sp³-hybridized carbons (Fsp3) is 0. The highest BCUT2D eigenvalue weighted by molar-refractivity contribution is 6.06. The van der Waals surface area contributed by atoms with E-state index in [1.54, 1.807) is 0 Å². The zero-order chi connectivity index (χ0) is 31.9. The third-order valence-corrected chi connectivity index (χ3v) is 9.24. The Morgan fingerprint density at radius 2 is 0.833 bits per heavy atom. The summed E-state index contributed by atoms with van der Waals surface area (Å²) in [6, 6.07) is 67.0. The van der Waals surface area contributed by atoms with Crippen molar-refractivity contribution in [2.24, 2.45) is 0 Å². The molecule has 226 valence electrons. The molecule has 0 aliphatic carbocycles. The Labute approximate surface area is 279 Å². The molecule has 1 heterocycles. The average molecular weight is 614 g/mol. The number of furan rings is 1. The topological polar surface area (TPSA) is 16.4 Å². The summed E-state index contributed by atoms with van der Waals surface area (Å²) in [6.07, 6.45) is 0. The number of fused-ring (bicyclic) bond motifs is 4. The first-order valence-electron chi connectivity index (χ1n) is 16.3. The molecule has 0 saturated carbocycles. The molecule has 9 rings (SSSR count). The van der Waals surface area contributed by atoms with Crippen LogP contribution in [0.1, 0.15) is 0 Å². The largest absolute Gasteiger partial charge is 0.456 e. The third kappa shape index (κ3) is 5.10. The minimum atomic E-state index is 0.905. The molecule has 9 aromatic rings. The Kier molecular flexibility index (Phi) is 6.84. The van der Waals surface area contributed by atoms with Crippen LogP contribution in [0.5, 0.6) is 0 Å². The molecule has 0 aliphatic rings. The Bertz CT molecular complexity index is 2560. The average Bonchev–Trinajstić information content (AvgIpc) is 3.54.